The maximum Gasteiger partial charge on any atom is 0.164 e. The molecular formula is C40H27N3O. The van der Waals surface area contributed by atoms with Crippen molar-refractivity contribution in [1.29, 1.82) is 0 Å². The van der Waals surface area contributed by atoms with Gasteiger partial charge in [-0.05, 0) is 70.6 Å². The molecule has 0 spiro atoms. The van der Waals surface area contributed by atoms with E-state index in [4.69, 9.17) is 19.4 Å². The standard InChI is InChI=1S/C40H27N3O/c1-24-15-19-31-33(21-24)34(23-36-37(31)32-13-7-8-14-35(32)44-36)40-42-38(26-10-3-2-4-11-26)41-39(43-40)28-18-20-30-27(22-28)17-16-25-9-5-6-12-29(25)30/h2-5,7-11,13-23H,6,12H2,1H3. The van der Waals surface area contributed by atoms with Crippen LogP contribution in [0.4, 0.5) is 0 Å². The summed E-state index contributed by atoms with van der Waals surface area (Å²) in [7, 11) is 0. The third-order valence-electron chi connectivity index (χ3n) is 8.83. The topological polar surface area (TPSA) is 51.8 Å². The van der Waals surface area contributed by atoms with Gasteiger partial charge in [0.1, 0.15) is 11.2 Å². The van der Waals surface area contributed by atoms with Gasteiger partial charge in [0.2, 0.25) is 0 Å². The zero-order valence-corrected chi connectivity index (χ0v) is 24.2. The van der Waals surface area contributed by atoms with Crippen molar-refractivity contribution in [2.45, 2.75) is 19.8 Å². The van der Waals surface area contributed by atoms with E-state index >= 15 is 0 Å². The molecule has 0 radical (unpaired) electrons. The van der Waals surface area contributed by atoms with Gasteiger partial charge in [-0.15, -0.1) is 0 Å². The second-order valence-corrected chi connectivity index (χ2v) is 11.6. The Morgan fingerprint density at radius 2 is 1.39 bits per heavy atom. The summed E-state index contributed by atoms with van der Waals surface area (Å²) in [5.41, 5.74) is 8.45. The maximum absolute atomic E-state index is 6.40. The maximum atomic E-state index is 6.40. The molecule has 0 amide bonds. The van der Waals surface area contributed by atoms with E-state index in [1.54, 1.807) is 0 Å². The predicted octanol–water partition coefficient (Wildman–Crippen LogP) is 10.3. The average molecular weight is 566 g/mol. The van der Waals surface area contributed by atoms with Crippen LogP contribution in [-0.4, -0.2) is 15.0 Å². The van der Waals surface area contributed by atoms with E-state index in [2.05, 4.69) is 85.8 Å². The molecule has 1 aliphatic carbocycles. The van der Waals surface area contributed by atoms with Crippen LogP contribution in [0.5, 0.6) is 0 Å². The number of aromatic nitrogens is 3. The number of nitrogens with zero attached hydrogens (tertiary/aromatic N) is 3. The summed E-state index contributed by atoms with van der Waals surface area (Å²) in [6.07, 6.45) is 6.64. The van der Waals surface area contributed by atoms with Crippen LogP contribution >= 0.6 is 0 Å². The Balaban J connectivity index is 1.31. The first-order valence-electron chi connectivity index (χ1n) is 15.1. The summed E-state index contributed by atoms with van der Waals surface area (Å²) in [5, 5.41) is 6.94. The minimum atomic E-state index is 0.627. The SMILES string of the molecule is Cc1ccc2c(c1)c(-c1nc(-c3ccccc3)nc(-c3ccc4c5c(ccc4c3)C=CCC5)n1)cc1oc3ccccc3c12. The molecular weight excluding hydrogens is 538 g/mol. The van der Waals surface area contributed by atoms with Gasteiger partial charge >= 0.3 is 0 Å². The first kappa shape index (κ1) is 24.9. The monoisotopic (exact) mass is 565 g/mol. The first-order chi connectivity index (χ1) is 21.7. The number of hydrogen-bond donors (Lipinski definition) is 0. The Bertz CT molecular complexity index is 2450. The van der Waals surface area contributed by atoms with Gasteiger partial charge < -0.3 is 4.42 Å². The van der Waals surface area contributed by atoms with Crippen molar-refractivity contribution in [2.24, 2.45) is 0 Å². The lowest BCUT2D eigenvalue weighted by molar-refractivity contribution is 0.669. The van der Waals surface area contributed by atoms with Gasteiger partial charge in [0, 0.05) is 27.5 Å². The van der Waals surface area contributed by atoms with Crippen LogP contribution in [0.1, 0.15) is 23.1 Å². The molecule has 44 heavy (non-hydrogen) atoms. The zero-order chi connectivity index (χ0) is 29.2. The molecule has 8 aromatic rings. The largest absolute Gasteiger partial charge is 0.456 e. The lowest BCUT2D eigenvalue weighted by atomic mass is 9.91. The molecule has 1 aliphatic rings. The van der Waals surface area contributed by atoms with Crippen LogP contribution < -0.4 is 0 Å². The predicted molar refractivity (Wildman–Crippen MR) is 181 cm³/mol. The minimum Gasteiger partial charge on any atom is -0.456 e. The quantitative estimate of drug-likeness (QED) is 0.214. The molecule has 0 saturated carbocycles. The molecule has 4 nitrogen and oxygen atoms in total. The van der Waals surface area contributed by atoms with Gasteiger partial charge in [0.15, 0.2) is 17.5 Å². The summed E-state index contributed by atoms with van der Waals surface area (Å²) in [6.45, 7) is 2.12. The van der Waals surface area contributed by atoms with E-state index in [1.807, 2.05) is 42.5 Å². The number of para-hydroxylation sites is 1. The molecule has 9 rings (SSSR count). The van der Waals surface area contributed by atoms with E-state index in [-0.39, 0.29) is 0 Å². The molecule has 4 heteroatoms. The van der Waals surface area contributed by atoms with Crippen LogP contribution in [0, 0.1) is 6.92 Å². The summed E-state index contributed by atoms with van der Waals surface area (Å²) >= 11 is 0. The lowest BCUT2D eigenvalue weighted by Gasteiger charge is -2.15. The Labute approximate surface area is 254 Å². The Morgan fingerprint density at radius 1 is 0.591 bits per heavy atom. The molecule has 208 valence electrons. The van der Waals surface area contributed by atoms with Crippen molar-refractivity contribution in [3.63, 3.8) is 0 Å². The highest BCUT2D eigenvalue weighted by Gasteiger charge is 2.19. The van der Waals surface area contributed by atoms with Gasteiger partial charge in [-0.3, -0.25) is 0 Å². The Kier molecular flexibility index (Phi) is 5.51. The van der Waals surface area contributed by atoms with Crippen molar-refractivity contribution in [1.82, 2.24) is 15.0 Å². The minimum absolute atomic E-state index is 0.627. The van der Waals surface area contributed by atoms with Crippen molar-refractivity contribution < 1.29 is 4.42 Å². The number of fused-ring (bicyclic) bond motifs is 8. The van der Waals surface area contributed by atoms with E-state index in [1.165, 1.54) is 27.5 Å². The molecule has 2 aromatic heterocycles. The van der Waals surface area contributed by atoms with Gasteiger partial charge in [-0.2, -0.15) is 0 Å². The smallest absolute Gasteiger partial charge is 0.164 e. The van der Waals surface area contributed by atoms with E-state index < -0.39 is 0 Å². The van der Waals surface area contributed by atoms with Gasteiger partial charge in [0.05, 0.1) is 0 Å². The zero-order valence-electron chi connectivity index (χ0n) is 24.2. The van der Waals surface area contributed by atoms with Gasteiger partial charge in [-0.1, -0.05) is 109 Å². The molecule has 0 bridgehead atoms. The van der Waals surface area contributed by atoms with Crippen LogP contribution in [0.25, 0.3) is 83.7 Å². The molecule has 0 N–H and O–H groups in total. The third-order valence-corrected chi connectivity index (χ3v) is 8.83. The van der Waals surface area contributed by atoms with E-state index in [0.29, 0.717) is 17.5 Å². The summed E-state index contributed by atoms with van der Waals surface area (Å²) in [4.78, 5) is 15.3. The number of benzene rings is 6. The van der Waals surface area contributed by atoms with Crippen LogP contribution in [0.2, 0.25) is 0 Å². The molecule has 6 aromatic carbocycles. The summed E-state index contributed by atoms with van der Waals surface area (Å²) < 4.78 is 6.40. The third kappa shape index (κ3) is 3.95. The number of hydrogen-bond acceptors (Lipinski definition) is 4. The number of aryl methyl sites for hydroxylation is 2. The fraction of sp³-hybridized carbons (Fsp3) is 0.0750. The van der Waals surface area contributed by atoms with E-state index in [0.717, 1.165) is 62.2 Å². The average Bonchev–Trinajstić information content (AvgIpc) is 3.46. The van der Waals surface area contributed by atoms with E-state index in [9.17, 15) is 0 Å². The second-order valence-electron chi connectivity index (χ2n) is 11.6. The van der Waals surface area contributed by atoms with Crippen molar-refractivity contribution in [2.75, 3.05) is 0 Å². The highest BCUT2D eigenvalue weighted by molar-refractivity contribution is 6.21. The van der Waals surface area contributed by atoms with Gasteiger partial charge in [0.25, 0.3) is 0 Å². The first-order valence-corrected chi connectivity index (χ1v) is 15.1. The fourth-order valence-corrected chi connectivity index (χ4v) is 6.70. The summed E-state index contributed by atoms with van der Waals surface area (Å²) in [5.74, 6) is 1.92. The van der Waals surface area contributed by atoms with Crippen LogP contribution in [-0.2, 0) is 6.42 Å². The molecule has 2 heterocycles. The summed E-state index contributed by atoms with van der Waals surface area (Å²) in [6, 6.07) is 38.1. The molecule has 0 fully saturated rings. The number of rotatable bonds is 3. The molecule has 0 aliphatic heterocycles. The molecule has 0 saturated heterocycles. The lowest BCUT2D eigenvalue weighted by Crippen LogP contribution is -2.01. The van der Waals surface area contributed by atoms with Crippen LogP contribution in [0.15, 0.2) is 120 Å². The van der Waals surface area contributed by atoms with Crippen molar-refractivity contribution >= 4 is 49.6 Å². The molecule has 0 atom stereocenters. The highest BCUT2D eigenvalue weighted by Crippen LogP contribution is 2.40. The normalized spacial score (nSPS) is 12.8. The Morgan fingerprint density at radius 3 is 2.30 bits per heavy atom. The van der Waals surface area contributed by atoms with Crippen molar-refractivity contribution in [3.8, 4) is 34.2 Å². The van der Waals surface area contributed by atoms with Crippen LogP contribution in [0.3, 0.4) is 0 Å². The fourth-order valence-electron chi connectivity index (χ4n) is 6.70. The second kappa shape index (κ2) is 9.72. The van der Waals surface area contributed by atoms with Crippen molar-refractivity contribution in [3.05, 3.63) is 132 Å². The number of allylic oxidation sites excluding steroid dienone is 1. The molecule has 0 unspecified atom stereocenters. The van der Waals surface area contributed by atoms with Gasteiger partial charge in [-0.25, -0.2) is 15.0 Å². The highest BCUT2D eigenvalue weighted by atomic mass is 16.3. The Hall–Kier alpha value is -5.61. The number of furan rings is 1.